The second-order valence-electron chi connectivity index (χ2n) is 5.70. The summed E-state index contributed by atoms with van der Waals surface area (Å²) in [6.07, 6.45) is 0. The lowest BCUT2D eigenvalue weighted by Crippen LogP contribution is -2.41. The van der Waals surface area contributed by atoms with Crippen molar-refractivity contribution >= 4 is 27.6 Å². The van der Waals surface area contributed by atoms with E-state index in [-0.39, 0.29) is 5.75 Å². The van der Waals surface area contributed by atoms with E-state index in [1.165, 1.54) is 51.5 Å². The van der Waals surface area contributed by atoms with Gasteiger partial charge in [0.15, 0.2) is 0 Å². The first-order chi connectivity index (χ1) is 13.2. The molecule has 2 rings (SSSR count). The zero-order valence-electron chi connectivity index (χ0n) is 15.4. The number of esters is 1. The van der Waals surface area contributed by atoms with Gasteiger partial charge in [0.2, 0.25) is 15.9 Å². The molecule has 28 heavy (non-hydrogen) atoms. The molecule has 10 heteroatoms. The van der Waals surface area contributed by atoms with Crippen molar-refractivity contribution in [1.82, 2.24) is 4.72 Å². The third-order valence-corrected chi connectivity index (χ3v) is 5.28. The number of rotatable bonds is 7. The number of nitrogens with one attached hydrogen (secondary N) is 2. The molecule has 1 unspecified atom stereocenters. The van der Waals surface area contributed by atoms with Gasteiger partial charge >= 0.3 is 5.97 Å². The molecule has 0 aliphatic carbocycles. The van der Waals surface area contributed by atoms with E-state index in [1.807, 2.05) is 0 Å². The van der Waals surface area contributed by atoms with Crippen LogP contribution in [0.1, 0.15) is 17.3 Å². The molecule has 0 saturated carbocycles. The molecule has 8 nitrogen and oxygen atoms in total. The van der Waals surface area contributed by atoms with Gasteiger partial charge in [-0.2, -0.15) is 4.72 Å². The van der Waals surface area contributed by atoms with E-state index in [4.69, 9.17) is 4.74 Å². The Hall–Kier alpha value is -2.98. The van der Waals surface area contributed by atoms with Crippen LogP contribution in [0.3, 0.4) is 0 Å². The monoisotopic (exact) mass is 410 g/mol. The molecule has 2 aromatic carbocycles. The molecular weight excluding hydrogens is 391 g/mol. The number of ether oxygens (including phenoxy) is 2. The normalized spacial score (nSPS) is 12.1. The number of sulfonamides is 1. The summed E-state index contributed by atoms with van der Waals surface area (Å²) in [7, 11) is -1.72. The van der Waals surface area contributed by atoms with E-state index in [2.05, 4.69) is 14.8 Å². The molecule has 0 aromatic heterocycles. The maximum Gasteiger partial charge on any atom is 0.337 e. The number of amides is 1. The standard InChI is InChI=1S/C18H19FN2O6S/c1-11(17(22)20-14-7-4-12(5-8-14)18(23)27-3)21-28(24,25)16-10-13(19)6-9-15(16)26-2/h4-11,21H,1-3H3,(H,20,22). The van der Waals surface area contributed by atoms with Crippen LogP contribution in [0.2, 0.25) is 0 Å². The Morgan fingerprint density at radius 1 is 1.07 bits per heavy atom. The van der Waals surface area contributed by atoms with E-state index < -0.39 is 38.7 Å². The lowest BCUT2D eigenvalue weighted by atomic mass is 10.2. The van der Waals surface area contributed by atoms with Crippen LogP contribution in [0.4, 0.5) is 10.1 Å². The van der Waals surface area contributed by atoms with Gasteiger partial charge in [0.1, 0.15) is 16.5 Å². The van der Waals surface area contributed by atoms with Crippen LogP contribution < -0.4 is 14.8 Å². The van der Waals surface area contributed by atoms with Gasteiger partial charge in [0, 0.05) is 5.69 Å². The van der Waals surface area contributed by atoms with Crippen molar-refractivity contribution in [2.45, 2.75) is 17.9 Å². The largest absolute Gasteiger partial charge is 0.495 e. The lowest BCUT2D eigenvalue weighted by molar-refractivity contribution is -0.117. The van der Waals surface area contributed by atoms with E-state index in [9.17, 15) is 22.4 Å². The maximum absolute atomic E-state index is 13.5. The summed E-state index contributed by atoms with van der Waals surface area (Å²) in [5.41, 5.74) is 0.652. The zero-order valence-corrected chi connectivity index (χ0v) is 16.2. The number of hydrogen-bond acceptors (Lipinski definition) is 6. The molecule has 0 saturated heterocycles. The van der Waals surface area contributed by atoms with Gasteiger partial charge in [-0.3, -0.25) is 4.79 Å². The van der Waals surface area contributed by atoms with Crippen LogP contribution in [0.15, 0.2) is 47.4 Å². The van der Waals surface area contributed by atoms with Crippen molar-refractivity contribution in [1.29, 1.82) is 0 Å². The molecule has 1 amide bonds. The summed E-state index contributed by atoms with van der Waals surface area (Å²) in [6, 6.07) is 7.73. The first-order valence-electron chi connectivity index (χ1n) is 8.03. The molecule has 0 spiro atoms. The van der Waals surface area contributed by atoms with Crippen LogP contribution in [0, 0.1) is 5.82 Å². The molecule has 2 aromatic rings. The summed E-state index contributed by atoms with van der Waals surface area (Å²) < 4.78 is 50.1. The average molecular weight is 410 g/mol. The minimum absolute atomic E-state index is 0.0556. The predicted molar refractivity (Wildman–Crippen MR) is 99.1 cm³/mol. The average Bonchev–Trinajstić information content (AvgIpc) is 2.67. The van der Waals surface area contributed by atoms with Gasteiger partial charge < -0.3 is 14.8 Å². The molecular formula is C18H19FN2O6S. The molecule has 0 aliphatic rings. The Morgan fingerprint density at radius 3 is 2.29 bits per heavy atom. The Balaban J connectivity index is 2.11. The Kier molecular flexibility index (Phi) is 6.71. The number of halogens is 1. The first kappa shape index (κ1) is 21.3. The van der Waals surface area contributed by atoms with Gasteiger partial charge in [-0.05, 0) is 49.4 Å². The molecule has 0 radical (unpaired) electrons. The topological polar surface area (TPSA) is 111 Å². The van der Waals surface area contributed by atoms with Crippen LogP contribution in [-0.2, 0) is 19.6 Å². The van der Waals surface area contributed by atoms with Gasteiger partial charge in [-0.15, -0.1) is 0 Å². The van der Waals surface area contributed by atoms with Crippen molar-refractivity contribution in [3.63, 3.8) is 0 Å². The number of benzene rings is 2. The van der Waals surface area contributed by atoms with E-state index in [0.717, 1.165) is 12.1 Å². The van der Waals surface area contributed by atoms with Gasteiger partial charge in [-0.25, -0.2) is 17.6 Å². The van der Waals surface area contributed by atoms with E-state index >= 15 is 0 Å². The molecule has 0 fully saturated rings. The highest BCUT2D eigenvalue weighted by atomic mass is 32.2. The minimum Gasteiger partial charge on any atom is -0.495 e. The number of hydrogen-bond donors (Lipinski definition) is 2. The summed E-state index contributed by atoms with van der Waals surface area (Å²) in [5, 5.41) is 2.52. The molecule has 0 aliphatic heterocycles. The molecule has 1 atom stereocenters. The van der Waals surface area contributed by atoms with Crippen LogP contribution >= 0.6 is 0 Å². The Morgan fingerprint density at radius 2 is 1.71 bits per heavy atom. The maximum atomic E-state index is 13.5. The third-order valence-electron chi connectivity index (χ3n) is 3.71. The number of carbonyl (C=O) groups excluding carboxylic acids is 2. The second kappa shape index (κ2) is 8.81. The Bertz CT molecular complexity index is 976. The highest BCUT2D eigenvalue weighted by Crippen LogP contribution is 2.24. The molecule has 0 heterocycles. The summed E-state index contributed by atoms with van der Waals surface area (Å²) in [5.74, 6) is -1.99. The van der Waals surface area contributed by atoms with E-state index in [1.54, 1.807) is 0 Å². The van der Waals surface area contributed by atoms with Crippen LogP contribution in [-0.4, -0.2) is 40.6 Å². The summed E-state index contributed by atoms with van der Waals surface area (Å²) in [6.45, 7) is 1.33. The number of methoxy groups -OCH3 is 2. The van der Waals surface area contributed by atoms with Crippen molar-refractivity contribution in [2.75, 3.05) is 19.5 Å². The Labute approximate surface area is 161 Å². The van der Waals surface area contributed by atoms with Crippen LogP contribution in [0.25, 0.3) is 0 Å². The van der Waals surface area contributed by atoms with Crippen molar-refractivity contribution in [3.05, 3.63) is 53.8 Å². The van der Waals surface area contributed by atoms with Crippen LogP contribution in [0.5, 0.6) is 5.75 Å². The van der Waals surface area contributed by atoms with Crippen molar-refractivity contribution < 1.29 is 31.9 Å². The fourth-order valence-electron chi connectivity index (χ4n) is 2.27. The number of anilines is 1. The lowest BCUT2D eigenvalue weighted by Gasteiger charge is -2.16. The smallest absolute Gasteiger partial charge is 0.337 e. The molecule has 2 N–H and O–H groups in total. The molecule has 150 valence electrons. The third kappa shape index (κ3) is 5.05. The fourth-order valence-corrected chi connectivity index (χ4v) is 3.65. The highest BCUT2D eigenvalue weighted by molar-refractivity contribution is 7.89. The van der Waals surface area contributed by atoms with Gasteiger partial charge in [0.05, 0.1) is 25.8 Å². The first-order valence-corrected chi connectivity index (χ1v) is 9.51. The van der Waals surface area contributed by atoms with E-state index in [0.29, 0.717) is 11.3 Å². The predicted octanol–water partition coefficient (Wildman–Crippen LogP) is 1.93. The fraction of sp³-hybridized carbons (Fsp3) is 0.222. The zero-order chi connectivity index (χ0) is 20.9. The second-order valence-corrected chi connectivity index (χ2v) is 7.38. The molecule has 0 bridgehead atoms. The summed E-state index contributed by atoms with van der Waals surface area (Å²) in [4.78, 5) is 23.3. The highest BCUT2D eigenvalue weighted by Gasteiger charge is 2.25. The number of carbonyl (C=O) groups is 2. The van der Waals surface area contributed by atoms with Gasteiger partial charge in [-0.1, -0.05) is 0 Å². The SMILES string of the molecule is COC(=O)c1ccc(NC(=O)C(C)NS(=O)(=O)c2cc(F)ccc2OC)cc1. The van der Waals surface area contributed by atoms with Crippen molar-refractivity contribution in [2.24, 2.45) is 0 Å². The minimum atomic E-state index is -4.22. The quantitative estimate of drug-likeness (QED) is 0.675. The van der Waals surface area contributed by atoms with Gasteiger partial charge in [0.25, 0.3) is 0 Å². The van der Waals surface area contributed by atoms with Crippen molar-refractivity contribution in [3.8, 4) is 5.75 Å². The summed E-state index contributed by atoms with van der Waals surface area (Å²) >= 11 is 0.